The molecule has 21 heavy (non-hydrogen) atoms. The molecule has 1 aliphatic rings. The Morgan fingerprint density at radius 1 is 1.38 bits per heavy atom. The van der Waals surface area contributed by atoms with Gasteiger partial charge in [-0.1, -0.05) is 6.07 Å². The summed E-state index contributed by atoms with van der Waals surface area (Å²) in [5, 5.41) is 0. The number of benzene rings is 1. The zero-order valence-corrected chi connectivity index (χ0v) is 11.6. The van der Waals surface area contributed by atoms with E-state index < -0.39 is 17.4 Å². The fourth-order valence-electron chi connectivity index (χ4n) is 3.03. The number of aromatic nitrogens is 2. The highest BCUT2D eigenvalue weighted by Crippen LogP contribution is 2.33. The number of H-pyrrole nitrogens is 1. The maximum atomic E-state index is 13.0. The van der Waals surface area contributed by atoms with E-state index in [9.17, 15) is 18.0 Å². The lowest BCUT2D eigenvalue weighted by atomic mass is 10.1. The highest BCUT2D eigenvalue weighted by Gasteiger charge is 2.34. The third-order valence-corrected chi connectivity index (χ3v) is 4.05. The van der Waals surface area contributed by atoms with E-state index in [1.54, 1.807) is 6.07 Å². The van der Waals surface area contributed by atoms with E-state index >= 15 is 0 Å². The van der Waals surface area contributed by atoms with Crippen molar-refractivity contribution < 1.29 is 13.2 Å². The van der Waals surface area contributed by atoms with Gasteiger partial charge in [-0.25, -0.2) is 4.79 Å². The number of halogens is 3. The molecule has 1 aromatic heterocycles. The van der Waals surface area contributed by atoms with E-state index in [0.29, 0.717) is 18.0 Å². The molecular weight excluding hydrogens is 283 g/mol. The van der Waals surface area contributed by atoms with E-state index in [2.05, 4.69) is 9.88 Å². The van der Waals surface area contributed by atoms with Crippen LogP contribution in [0.2, 0.25) is 0 Å². The highest BCUT2D eigenvalue weighted by atomic mass is 19.4. The van der Waals surface area contributed by atoms with Gasteiger partial charge in [0.15, 0.2) is 0 Å². The monoisotopic (exact) mass is 299 g/mol. The summed E-state index contributed by atoms with van der Waals surface area (Å²) in [5.41, 5.74) is -1.07. The number of fused-ring (bicyclic) bond motifs is 1. The largest absolute Gasteiger partial charge is 0.418 e. The molecule has 1 fully saturated rings. The van der Waals surface area contributed by atoms with E-state index in [0.717, 1.165) is 25.6 Å². The minimum atomic E-state index is -4.47. The van der Waals surface area contributed by atoms with Gasteiger partial charge in [0.2, 0.25) is 0 Å². The fraction of sp³-hybridized carbons (Fsp3) is 0.500. The maximum Gasteiger partial charge on any atom is 0.418 e. The first-order valence-corrected chi connectivity index (χ1v) is 6.83. The lowest BCUT2D eigenvalue weighted by Crippen LogP contribution is -2.23. The van der Waals surface area contributed by atoms with Gasteiger partial charge in [0.05, 0.1) is 16.6 Å². The minimum absolute atomic E-state index is 0.124. The van der Waals surface area contributed by atoms with Gasteiger partial charge in [0, 0.05) is 13.1 Å². The number of alkyl halides is 3. The SMILES string of the molecule is CN1CCC(Cn2c(=O)[nH]c3c(C(F)(F)F)cccc32)C1. The normalized spacial score (nSPS) is 20.5. The molecule has 2 aromatic rings. The molecular formula is C14H16F3N3O. The quantitative estimate of drug-likeness (QED) is 0.924. The molecule has 0 radical (unpaired) electrons. The zero-order valence-electron chi connectivity index (χ0n) is 11.6. The van der Waals surface area contributed by atoms with Crippen LogP contribution in [0.25, 0.3) is 11.0 Å². The van der Waals surface area contributed by atoms with Gasteiger partial charge in [-0.2, -0.15) is 13.2 Å². The van der Waals surface area contributed by atoms with Gasteiger partial charge in [0.1, 0.15) is 0 Å². The molecule has 0 saturated carbocycles. The van der Waals surface area contributed by atoms with Gasteiger partial charge in [-0.15, -0.1) is 0 Å². The van der Waals surface area contributed by atoms with Crippen LogP contribution in [0.1, 0.15) is 12.0 Å². The van der Waals surface area contributed by atoms with Crippen molar-refractivity contribution in [3.05, 3.63) is 34.2 Å². The van der Waals surface area contributed by atoms with Crippen LogP contribution in [0.4, 0.5) is 13.2 Å². The summed E-state index contributed by atoms with van der Waals surface area (Å²) in [7, 11) is 2.00. The number of nitrogens with one attached hydrogen (secondary N) is 1. The Morgan fingerprint density at radius 3 is 2.76 bits per heavy atom. The molecule has 0 spiro atoms. The van der Waals surface area contributed by atoms with Crippen molar-refractivity contribution in [1.29, 1.82) is 0 Å². The number of para-hydroxylation sites is 1. The molecule has 1 atom stereocenters. The van der Waals surface area contributed by atoms with Crippen molar-refractivity contribution in [1.82, 2.24) is 14.5 Å². The molecule has 1 saturated heterocycles. The fourth-order valence-corrected chi connectivity index (χ4v) is 3.03. The smallest absolute Gasteiger partial charge is 0.306 e. The Hall–Kier alpha value is -1.76. The molecule has 3 rings (SSSR count). The molecule has 2 heterocycles. The first-order chi connectivity index (χ1) is 9.86. The summed E-state index contributed by atoms with van der Waals surface area (Å²) in [5.74, 6) is 0.293. The van der Waals surface area contributed by atoms with Crippen molar-refractivity contribution >= 4 is 11.0 Å². The second-order valence-electron chi connectivity index (χ2n) is 5.66. The molecule has 0 bridgehead atoms. The Kier molecular flexibility index (Phi) is 3.32. The topological polar surface area (TPSA) is 41.0 Å². The van der Waals surface area contributed by atoms with Gasteiger partial charge in [-0.3, -0.25) is 4.57 Å². The zero-order chi connectivity index (χ0) is 15.2. The van der Waals surface area contributed by atoms with Crippen molar-refractivity contribution in [2.24, 2.45) is 5.92 Å². The maximum absolute atomic E-state index is 13.0. The van der Waals surface area contributed by atoms with E-state index in [4.69, 9.17) is 0 Å². The van der Waals surface area contributed by atoms with Gasteiger partial charge < -0.3 is 9.88 Å². The predicted molar refractivity (Wildman–Crippen MR) is 73.2 cm³/mol. The summed E-state index contributed by atoms with van der Waals surface area (Å²) < 4.78 is 40.4. The van der Waals surface area contributed by atoms with Crippen molar-refractivity contribution in [3.63, 3.8) is 0 Å². The van der Waals surface area contributed by atoms with Crippen LogP contribution in [-0.2, 0) is 12.7 Å². The summed E-state index contributed by atoms with van der Waals surface area (Å²) in [4.78, 5) is 16.5. The summed E-state index contributed by atoms with van der Waals surface area (Å²) in [6, 6.07) is 3.89. The van der Waals surface area contributed by atoms with E-state index in [1.807, 2.05) is 7.05 Å². The van der Waals surface area contributed by atoms with Gasteiger partial charge >= 0.3 is 11.9 Å². The molecule has 114 valence electrons. The van der Waals surface area contributed by atoms with Gasteiger partial charge in [-0.05, 0) is 38.1 Å². The van der Waals surface area contributed by atoms with Crippen molar-refractivity contribution in [3.8, 4) is 0 Å². The first kappa shape index (κ1) is 14.2. The second kappa shape index (κ2) is 4.91. The van der Waals surface area contributed by atoms with Crippen molar-refractivity contribution in [2.45, 2.75) is 19.1 Å². The lowest BCUT2D eigenvalue weighted by molar-refractivity contribution is -0.136. The Labute approximate surface area is 119 Å². The third-order valence-electron chi connectivity index (χ3n) is 4.05. The van der Waals surface area contributed by atoms with Crippen LogP contribution in [0.15, 0.2) is 23.0 Å². The molecule has 1 aromatic carbocycles. The lowest BCUT2D eigenvalue weighted by Gasteiger charge is -2.12. The average Bonchev–Trinajstić information content (AvgIpc) is 2.93. The molecule has 0 aliphatic carbocycles. The number of aromatic amines is 1. The first-order valence-electron chi connectivity index (χ1n) is 6.83. The standard InChI is InChI=1S/C14H16F3N3O/c1-19-6-5-9(7-19)8-20-11-4-2-3-10(14(15,16)17)12(11)18-13(20)21/h2-4,9H,5-8H2,1H3,(H,18,21). The van der Waals surface area contributed by atoms with E-state index in [-0.39, 0.29) is 5.52 Å². The number of hydrogen-bond acceptors (Lipinski definition) is 2. The van der Waals surface area contributed by atoms with Crippen molar-refractivity contribution in [2.75, 3.05) is 20.1 Å². The number of nitrogens with zero attached hydrogens (tertiary/aromatic N) is 2. The number of likely N-dealkylation sites (tertiary alicyclic amines) is 1. The molecule has 7 heteroatoms. The molecule has 1 unspecified atom stereocenters. The molecule has 4 nitrogen and oxygen atoms in total. The summed E-state index contributed by atoms with van der Waals surface area (Å²) >= 11 is 0. The third kappa shape index (κ3) is 2.57. The summed E-state index contributed by atoms with van der Waals surface area (Å²) in [6.07, 6.45) is -3.52. The predicted octanol–water partition coefficient (Wildman–Crippen LogP) is 2.30. The summed E-state index contributed by atoms with van der Waals surface area (Å²) in [6.45, 7) is 2.26. The van der Waals surface area contributed by atoms with Crippen LogP contribution >= 0.6 is 0 Å². The Balaban J connectivity index is 2.04. The van der Waals surface area contributed by atoms with Crippen LogP contribution in [0.5, 0.6) is 0 Å². The second-order valence-corrected chi connectivity index (χ2v) is 5.66. The number of hydrogen-bond donors (Lipinski definition) is 1. The number of rotatable bonds is 2. The molecule has 1 aliphatic heterocycles. The van der Waals surface area contributed by atoms with Gasteiger partial charge in [0.25, 0.3) is 0 Å². The Bertz CT molecular complexity index is 716. The number of imidazole rings is 1. The highest BCUT2D eigenvalue weighted by molar-refractivity contribution is 5.79. The molecule has 0 amide bonds. The van der Waals surface area contributed by atoms with Crippen LogP contribution in [-0.4, -0.2) is 34.6 Å². The van der Waals surface area contributed by atoms with Crippen LogP contribution < -0.4 is 5.69 Å². The van der Waals surface area contributed by atoms with E-state index in [1.165, 1.54) is 10.6 Å². The Morgan fingerprint density at radius 2 is 2.14 bits per heavy atom. The van der Waals surface area contributed by atoms with Crippen LogP contribution in [0, 0.1) is 5.92 Å². The van der Waals surface area contributed by atoms with Crippen LogP contribution in [0.3, 0.4) is 0 Å². The minimum Gasteiger partial charge on any atom is -0.306 e. The molecule has 1 N–H and O–H groups in total. The average molecular weight is 299 g/mol.